The molecule has 0 bridgehead atoms. The number of pyridine rings is 1. The lowest BCUT2D eigenvalue weighted by molar-refractivity contribution is -0.180. The predicted octanol–water partition coefficient (Wildman–Crippen LogP) is -0.872. The first-order chi connectivity index (χ1) is 11.8. The van der Waals surface area contributed by atoms with E-state index in [4.69, 9.17) is 9.84 Å². The number of aliphatic hydroxyl groups is 1. The highest BCUT2D eigenvalue weighted by Gasteiger charge is 2.49. The smallest absolute Gasteiger partial charge is 0.338 e. The molecule has 3 rings (SSSR count). The lowest BCUT2D eigenvalue weighted by atomic mass is 9.97. The van der Waals surface area contributed by atoms with E-state index in [1.165, 1.54) is 21.8 Å². The number of aromatic amines is 1. The van der Waals surface area contributed by atoms with Gasteiger partial charge in [0.15, 0.2) is 17.5 Å². The Kier molecular flexibility index (Phi) is 4.15. The Morgan fingerprint density at radius 2 is 2.20 bits per heavy atom. The monoisotopic (exact) mass is 348 g/mol. The molecule has 2 atom stereocenters. The van der Waals surface area contributed by atoms with Crippen LogP contribution in [0.4, 0.5) is 5.82 Å². The van der Waals surface area contributed by atoms with Crippen LogP contribution in [0.15, 0.2) is 35.4 Å². The van der Waals surface area contributed by atoms with Crippen LogP contribution in [0.5, 0.6) is 0 Å². The molecule has 0 spiro atoms. The molecule has 25 heavy (non-hydrogen) atoms. The molecule has 0 unspecified atom stereocenters. The molecular weight excluding hydrogens is 332 g/mol. The van der Waals surface area contributed by atoms with Crippen molar-refractivity contribution in [3.05, 3.63) is 40.9 Å². The maximum absolute atomic E-state index is 12.6. The number of hydrogen-bond donors (Lipinski definition) is 3. The number of H-pyrrole nitrogens is 1. The van der Waals surface area contributed by atoms with E-state index < -0.39 is 23.6 Å². The molecule has 1 aliphatic heterocycles. The summed E-state index contributed by atoms with van der Waals surface area (Å²) in [6, 6.07) is 4.53. The van der Waals surface area contributed by atoms with Crippen LogP contribution in [0.25, 0.3) is 5.69 Å². The maximum Gasteiger partial charge on any atom is 0.338 e. The quantitative estimate of drug-likeness (QED) is 0.653. The van der Waals surface area contributed by atoms with Gasteiger partial charge < -0.3 is 19.9 Å². The minimum absolute atomic E-state index is 0.0533. The van der Waals surface area contributed by atoms with Crippen LogP contribution in [0.2, 0.25) is 0 Å². The molecule has 1 aliphatic rings. The van der Waals surface area contributed by atoms with E-state index in [9.17, 15) is 19.5 Å². The summed E-state index contributed by atoms with van der Waals surface area (Å²) in [5, 5.41) is 23.4. The number of amides is 1. The fourth-order valence-electron chi connectivity index (χ4n) is 2.51. The van der Waals surface area contributed by atoms with E-state index in [0.29, 0.717) is 5.69 Å². The van der Waals surface area contributed by atoms with Crippen molar-refractivity contribution in [2.75, 3.05) is 18.1 Å². The first-order valence-electron chi connectivity index (χ1n) is 7.44. The third-order valence-electron chi connectivity index (χ3n) is 3.91. The summed E-state index contributed by atoms with van der Waals surface area (Å²) in [5.41, 5.74) is -2.15. The van der Waals surface area contributed by atoms with Gasteiger partial charge in [0.25, 0.3) is 5.91 Å². The van der Waals surface area contributed by atoms with Gasteiger partial charge in [-0.2, -0.15) is 0 Å². The third-order valence-corrected chi connectivity index (χ3v) is 3.91. The number of carbonyl (C=O) groups is 2. The zero-order valence-electron chi connectivity index (χ0n) is 13.2. The minimum atomic E-state index is -2.36. The summed E-state index contributed by atoms with van der Waals surface area (Å²) in [7, 11) is 0. The Labute approximate surface area is 141 Å². The van der Waals surface area contributed by atoms with E-state index in [1.807, 2.05) is 0 Å². The number of carbonyl (C=O) groups excluding carboxylic acids is 1. The Hall–Kier alpha value is -2.98. The maximum atomic E-state index is 12.6. The number of nitrogens with zero attached hydrogens (tertiary/aromatic N) is 3. The van der Waals surface area contributed by atoms with E-state index in [2.05, 4.69) is 10.1 Å². The Morgan fingerprint density at radius 1 is 1.44 bits per heavy atom. The fourth-order valence-corrected chi connectivity index (χ4v) is 2.51. The molecule has 132 valence electrons. The molecule has 1 fully saturated rings. The van der Waals surface area contributed by atoms with Crippen molar-refractivity contribution < 1.29 is 24.5 Å². The number of rotatable bonds is 4. The van der Waals surface area contributed by atoms with E-state index >= 15 is 0 Å². The second-order valence-electron chi connectivity index (χ2n) is 5.72. The molecule has 0 saturated carbocycles. The van der Waals surface area contributed by atoms with Crippen LogP contribution < -0.4 is 10.5 Å². The van der Waals surface area contributed by atoms with Crippen LogP contribution in [0.3, 0.4) is 0 Å². The van der Waals surface area contributed by atoms with E-state index in [-0.39, 0.29) is 24.5 Å². The molecule has 0 aliphatic carbocycles. The Balaban J connectivity index is 1.88. The average Bonchev–Trinajstić information content (AvgIpc) is 3.04. The van der Waals surface area contributed by atoms with Gasteiger partial charge in [0, 0.05) is 24.5 Å². The summed E-state index contributed by atoms with van der Waals surface area (Å²) in [6.45, 7) is 1.23. The number of aromatic nitrogens is 3. The average molecular weight is 348 g/mol. The summed E-state index contributed by atoms with van der Waals surface area (Å²) in [4.78, 5) is 38.8. The van der Waals surface area contributed by atoms with Gasteiger partial charge in [-0.15, -0.1) is 5.10 Å². The number of anilines is 1. The van der Waals surface area contributed by atoms with Gasteiger partial charge in [0.2, 0.25) is 5.56 Å². The summed E-state index contributed by atoms with van der Waals surface area (Å²) < 4.78 is 6.59. The van der Waals surface area contributed by atoms with Gasteiger partial charge >= 0.3 is 5.97 Å². The third kappa shape index (κ3) is 3.04. The SMILES string of the molecule is C[C@](O)(C(=O)O)[C@H]1OCCN(c2ccn(-c3cc[nH]c(=O)c3)n2)C1=O. The van der Waals surface area contributed by atoms with Gasteiger partial charge in [0.05, 0.1) is 18.8 Å². The molecule has 1 amide bonds. The van der Waals surface area contributed by atoms with Crippen molar-refractivity contribution in [3.63, 3.8) is 0 Å². The first-order valence-corrected chi connectivity index (χ1v) is 7.44. The molecule has 10 nitrogen and oxygen atoms in total. The molecule has 0 aromatic carbocycles. The highest BCUT2D eigenvalue weighted by atomic mass is 16.5. The van der Waals surface area contributed by atoms with Crippen molar-refractivity contribution in [3.8, 4) is 5.69 Å². The standard InChI is InChI=1S/C15H16N4O6/c1-15(24,14(22)23)12-13(21)18(6-7-25-12)10-3-5-19(17-10)9-2-4-16-11(20)8-9/h2-5,8,12,24H,6-7H2,1H3,(H,16,20)(H,22,23)/t12-,15+/m0/s1. The van der Waals surface area contributed by atoms with Crippen molar-refractivity contribution in [1.29, 1.82) is 0 Å². The number of carboxylic acids is 1. The number of carboxylic acid groups (broad SMARTS) is 1. The van der Waals surface area contributed by atoms with E-state index in [0.717, 1.165) is 6.92 Å². The van der Waals surface area contributed by atoms with Gasteiger partial charge in [-0.05, 0) is 13.0 Å². The van der Waals surface area contributed by atoms with Crippen molar-refractivity contribution in [2.24, 2.45) is 0 Å². The lowest BCUT2D eigenvalue weighted by Crippen LogP contribution is -2.60. The highest BCUT2D eigenvalue weighted by Crippen LogP contribution is 2.24. The van der Waals surface area contributed by atoms with Gasteiger partial charge in [-0.25, -0.2) is 9.48 Å². The number of ether oxygens (including phenoxy) is 1. The van der Waals surface area contributed by atoms with Crippen LogP contribution in [-0.2, 0) is 14.3 Å². The lowest BCUT2D eigenvalue weighted by Gasteiger charge is -2.36. The molecule has 10 heteroatoms. The van der Waals surface area contributed by atoms with Gasteiger partial charge in [-0.1, -0.05) is 0 Å². The van der Waals surface area contributed by atoms with Crippen molar-refractivity contribution in [1.82, 2.24) is 14.8 Å². The molecule has 3 N–H and O–H groups in total. The largest absolute Gasteiger partial charge is 0.479 e. The highest BCUT2D eigenvalue weighted by molar-refractivity contribution is 6.00. The molecule has 2 aromatic rings. The van der Waals surface area contributed by atoms with Crippen LogP contribution in [-0.4, -0.2) is 61.7 Å². The van der Waals surface area contributed by atoms with Gasteiger partial charge in [-0.3, -0.25) is 14.5 Å². The molecule has 1 saturated heterocycles. The normalized spacial score (nSPS) is 20.3. The predicted molar refractivity (Wildman–Crippen MR) is 84.5 cm³/mol. The zero-order valence-corrected chi connectivity index (χ0v) is 13.2. The number of morpholine rings is 1. The molecule has 3 heterocycles. The van der Waals surface area contributed by atoms with Crippen LogP contribution >= 0.6 is 0 Å². The molecule has 2 aromatic heterocycles. The molecular formula is C15H16N4O6. The minimum Gasteiger partial charge on any atom is -0.479 e. The topological polar surface area (TPSA) is 138 Å². The Morgan fingerprint density at radius 3 is 2.88 bits per heavy atom. The van der Waals surface area contributed by atoms with E-state index in [1.54, 1.807) is 18.3 Å². The summed E-state index contributed by atoms with van der Waals surface area (Å²) >= 11 is 0. The van der Waals surface area contributed by atoms with Crippen LogP contribution in [0.1, 0.15) is 6.92 Å². The van der Waals surface area contributed by atoms with Crippen LogP contribution in [0, 0.1) is 0 Å². The number of nitrogens with one attached hydrogen (secondary N) is 1. The zero-order chi connectivity index (χ0) is 18.2. The summed E-state index contributed by atoms with van der Waals surface area (Å²) in [5.74, 6) is -1.99. The fraction of sp³-hybridized carbons (Fsp3) is 0.333. The van der Waals surface area contributed by atoms with Gasteiger partial charge in [0.1, 0.15) is 0 Å². The second kappa shape index (κ2) is 6.15. The number of aliphatic carboxylic acids is 1. The first kappa shape index (κ1) is 16.9. The van der Waals surface area contributed by atoms with Crippen molar-refractivity contribution >= 4 is 17.7 Å². The molecule has 0 radical (unpaired) electrons. The summed E-state index contributed by atoms with van der Waals surface area (Å²) in [6.07, 6.45) is 1.50. The number of hydrogen-bond acceptors (Lipinski definition) is 6. The second-order valence-corrected chi connectivity index (χ2v) is 5.72. The Bertz CT molecular complexity index is 871. The van der Waals surface area contributed by atoms with Crippen molar-refractivity contribution in [2.45, 2.75) is 18.6 Å².